The first kappa shape index (κ1) is 15.8. The van der Waals surface area contributed by atoms with E-state index in [0.717, 1.165) is 25.8 Å². The highest BCUT2D eigenvalue weighted by Crippen LogP contribution is 2.19. The number of amides is 1. The smallest absolute Gasteiger partial charge is 0.244 e. The number of guanidine groups is 1. The quantitative estimate of drug-likeness (QED) is 0.660. The van der Waals surface area contributed by atoms with Crippen molar-refractivity contribution in [2.24, 2.45) is 10.7 Å². The molecule has 23 heavy (non-hydrogen) atoms. The van der Waals surface area contributed by atoms with Crippen molar-refractivity contribution in [3.05, 3.63) is 35.4 Å². The summed E-state index contributed by atoms with van der Waals surface area (Å²) in [7, 11) is 0. The SMILES string of the molecule is NC(=NCC(=O)N1CCc2ccccc2C1)NC1CCCCC1. The van der Waals surface area contributed by atoms with Gasteiger partial charge in [0.15, 0.2) is 5.96 Å². The Hall–Kier alpha value is -2.04. The van der Waals surface area contributed by atoms with Crippen LogP contribution in [0, 0.1) is 0 Å². The Bertz CT molecular complexity index is 578. The van der Waals surface area contributed by atoms with Crippen LogP contribution in [-0.2, 0) is 17.8 Å². The van der Waals surface area contributed by atoms with Crippen LogP contribution in [0.25, 0.3) is 0 Å². The van der Waals surface area contributed by atoms with E-state index in [2.05, 4.69) is 28.5 Å². The molecule has 1 fully saturated rings. The summed E-state index contributed by atoms with van der Waals surface area (Å²) in [6, 6.07) is 8.73. The molecule has 0 unspecified atom stereocenters. The summed E-state index contributed by atoms with van der Waals surface area (Å²) in [5, 5.41) is 3.25. The van der Waals surface area contributed by atoms with E-state index in [9.17, 15) is 4.79 Å². The second-order valence-corrected chi connectivity index (χ2v) is 6.51. The molecule has 1 saturated carbocycles. The van der Waals surface area contributed by atoms with E-state index < -0.39 is 0 Å². The maximum Gasteiger partial charge on any atom is 0.244 e. The Morgan fingerprint density at radius 1 is 1.22 bits per heavy atom. The minimum Gasteiger partial charge on any atom is -0.370 e. The molecule has 2 aliphatic rings. The fourth-order valence-corrected chi connectivity index (χ4v) is 3.46. The van der Waals surface area contributed by atoms with E-state index >= 15 is 0 Å². The number of nitrogens with two attached hydrogens (primary N) is 1. The van der Waals surface area contributed by atoms with Gasteiger partial charge in [-0.2, -0.15) is 0 Å². The minimum atomic E-state index is 0.0490. The standard InChI is InChI=1S/C18H26N4O/c19-18(21-16-8-2-1-3-9-16)20-12-17(23)22-11-10-14-6-4-5-7-15(14)13-22/h4-7,16H,1-3,8-13H2,(H3,19,20,21). The van der Waals surface area contributed by atoms with Crippen molar-refractivity contribution in [1.29, 1.82) is 0 Å². The molecule has 1 amide bonds. The first-order chi connectivity index (χ1) is 11.2. The molecule has 124 valence electrons. The lowest BCUT2D eigenvalue weighted by molar-refractivity contribution is -0.130. The molecule has 0 aromatic heterocycles. The first-order valence-corrected chi connectivity index (χ1v) is 8.63. The number of nitrogens with zero attached hydrogens (tertiary/aromatic N) is 2. The van der Waals surface area contributed by atoms with Crippen LogP contribution in [0.15, 0.2) is 29.3 Å². The molecule has 0 spiro atoms. The van der Waals surface area contributed by atoms with Crippen LogP contribution in [0.2, 0.25) is 0 Å². The molecule has 0 bridgehead atoms. The molecular formula is C18H26N4O. The van der Waals surface area contributed by atoms with Crippen LogP contribution in [0.1, 0.15) is 43.2 Å². The third-order valence-electron chi connectivity index (χ3n) is 4.83. The van der Waals surface area contributed by atoms with Crippen LogP contribution in [-0.4, -0.2) is 35.9 Å². The molecule has 1 aliphatic heterocycles. The summed E-state index contributed by atoms with van der Waals surface area (Å²) < 4.78 is 0. The molecule has 5 nitrogen and oxygen atoms in total. The Balaban J connectivity index is 1.50. The van der Waals surface area contributed by atoms with E-state index in [0.29, 0.717) is 18.5 Å². The largest absolute Gasteiger partial charge is 0.370 e. The van der Waals surface area contributed by atoms with Gasteiger partial charge in [-0.15, -0.1) is 0 Å². The number of nitrogens with one attached hydrogen (secondary N) is 1. The lowest BCUT2D eigenvalue weighted by Gasteiger charge is -2.28. The van der Waals surface area contributed by atoms with Crippen LogP contribution in [0.3, 0.4) is 0 Å². The lowest BCUT2D eigenvalue weighted by Crippen LogP contribution is -2.42. The Kier molecular flexibility index (Phi) is 5.16. The second kappa shape index (κ2) is 7.49. The molecular weight excluding hydrogens is 288 g/mol. The number of aliphatic imine (C=N–C) groups is 1. The number of carbonyl (C=O) groups is 1. The van der Waals surface area contributed by atoms with Gasteiger partial charge in [0.05, 0.1) is 0 Å². The fourth-order valence-electron chi connectivity index (χ4n) is 3.46. The summed E-state index contributed by atoms with van der Waals surface area (Å²) in [5.74, 6) is 0.454. The van der Waals surface area contributed by atoms with Gasteiger partial charge in [-0.25, -0.2) is 4.99 Å². The Morgan fingerprint density at radius 3 is 2.74 bits per heavy atom. The van der Waals surface area contributed by atoms with Crippen LogP contribution < -0.4 is 11.1 Å². The van der Waals surface area contributed by atoms with Gasteiger partial charge in [-0.05, 0) is 30.4 Å². The van der Waals surface area contributed by atoms with Crippen LogP contribution in [0.5, 0.6) is 0 Å². The summed E-state index contributed by atoms with van der Waals surface area (Å²) >= 11 is 0. The second-order valence-electron chi connectivity index (χ2n) is 6.51. The van der Waals surface area contributed by atoms with Crippen molar-refractivity contribution >= 4 is 11.9 Å². The topological polar surface area (TPSA) is 70.7 Å². The highest BCUT2D eigenvalue weighted by molar-refractivity contribution is 5.84. The molecule has 0 atom stereocenters. The van der Waals surface area contributed by atoms with Gasteiger partial charge in [0.25, 0.3) is 0 Å². The number of fused-ring (bicyclic) bond motifs is 1. The Morgan fingerprint density at radius 2 is 1.96 bits per heavy atom. The average molecular weight is 314 g/mol. The van der Waals surface area contributed by atoms with Crippen LogP contribution in [0.4, 0.5) is 0 Å². The van der Waals surface area contributed by atoms with Crippen LogP contribution >= 0.6 is 0 Å². The number of carbonyl (C=O) groups excluding carboxylic acids is 1. The zero-order valence-corrected chi connectivity index (χ0v) is 13.6. The van der Waals surface area contributed by atoms with E-state index in [1.165, 1.54) is 30.4 Å². The maximum absolute atomic E-state index is 12.3. The van der Waals surface area contributed by atoms with Gasteiger partial charge in [0, 0.05) is 19.1 Å². The predicted octanol–water partition coefficient (Wildman–Crippen LogP) is 1.81. The third kappa shape index (κ3) is 4.24. The van der Waals surface area contributed by atoms with Gasteiger partial charge < -0.3 is 16.0 Å². The van der Waals surface area contributed by atoms with E-state index in [-0.39, 0.29) is 12.5 Å². The molecule has 1 aromatic rings. The van der Waals surface area contributed by atoms with Crippen molar-refractivity contribution in [1.82, 2.24) is 10.2 Å². The normalized spacial score (nSPS) is 19.3. The van der Waals surface area contributed by atoms with E-state index in [4.69, 9.17) is 5.73 Å². The zero-order valence-electron chi connectivity index (χ0n) is 13.6. The van der Waals surface area contributed by atoms with Crippen molar-refractivity contribution in [3.63, 3.8) is 0 Å². The van der Waals surface area contributed by atoms with Crippen molar-refractivity contribution in [2.75, 3.05) is 13.1 Å². The summed E-state index contributed by atoms with van der Waals surface area (Å²) in [5.41, 5.74) is 8.51. The van der Waals surface area contributed by atoms with E-state index in [1.807, 2.05) is 11.0 Å². The van der Waals surface area contributed by atoms with Crippen molar-refractivity contribution in [2.45, 2.75) is 51.1 Å². The average Bonchev–Trinajstić information content (AvgIpc) is 2.60. The van der Waals surface area contributed by atoms with Gasteiger partial charge in [0.1, 0.15) is 6.54 Å². The van der Waals surface area contributed by atoms with Gasteiger partial charge in [-0.1, -0.05) is 43.5 Å². The molecule has 1 aliphatic carbocycles. The third-order valence-corrected chi connectivity index (χ3v) is 4.83. The number of rotatable bonds is 3. The maximum atomic E-state index is 12.3. The highest BCUT2D eigenvalue weighted by atomic mass is 16.2. The summed E-state index contributed by atoms with van der Waals surface area (Å²) in [4.78, 5) is 18.5. The fraction of sp³-hybridized carbons (Fsp3) is 0.556. The summed E-state index contributed by atoms with van der Waals surface area (Å²) in [6.07, 6.45) is 7.01. The zero-order chi connectivity index (χ0) is 16.1. The predicted molar refractivity (Wildman–Crippen MR) is 92.1 cm³/mol. The monoisotopic (exact) mass is 314 g/mol. The molecule has 3 rings (SSSR count). The highest BCUT2D eigenvalue weighted by Gasteiger charge is 2.20. The molecule has 5 heteroatoms. The van der Waals surface area contributed by atoms with E-state index in [1.54, 1.807) is 0 Å². The van der Waals surface area contributed by atoms with Gasteiger partial charge in [-0.3, -0.25) is 4.79 Å². The van der Waals surface area contributed by atoms with Crippen molar-refractivity contribution < 1.29 is 4.79 Å². The Labute approximate surface area is 138 Å². The number of benzene rings is 1. The van der Waals surface area contributed by atoms with Crippen molar-refractivity contribution in [3.8, 4) is 0 Å². The number of hydrogen-bond acceptors (Lipinski definition) is 2. The molecule has 0 saturated heterocycles. The molecule has 3 N–H and O–H groups in total. The summed E-state index contributed by atoms with van der Waals surface area (Å²) in [6.45, 7) is 1.58. The molecule has 0 radical (unpaired) electrons. The molecule has 1 aromatic carbocycles. The van der Waals surface area contributed by atoms with Gasteiger partial charge in [0.2, 0.25) is 5.91 Å². The number of hydrogen-bond donors (Lipinski definition) is 2. The lowest BCUT2D eigenvalue weighted by atomic mass is 9.96. The van der Waals surface area contributed by atoms with Gasteiger partial charge >= 0.3 is 0 Å². The first-order valence-electron chi connectivity index (χ1n) is 8.63. The molecule has 1 heterocycles. The minimum absolute atomic E-state index is 0.0490.